The van der Waals surface area contributed by atoms with Gasteiger partial charge in [0.1, 0.15) is 11.9 Å². The standard InChI is InChI=1S/C11H13FN2O/c1-8(7-15)6-14-10-3-2-9(5-13)11(12)4-10/h2-4,8,14-15H,6-7H2,1H3. The molecule has 1 aromatic carbocycles. The summed E-state index contributed by atoms with van der Waals surface area (Å²) in [5, 5.41) is 20.3. The van der Waals surface area contributed by atoms with E-state index in [1.54, 1.807) is 12.1 Å². The largest absolute Gasteiger partial charge is 0.396 e. The zero-order chi connectivity index (χ0) is 11.3. The van der Waals surface area contributed by atoms with E-state index in [1.165, 1.54) is 12.1 Å². The zero-order valence-electron chi connectivity index (χ0n) is 8.50. The van der Waals surface area contributed by atoms with Gasteiger partial charge >= 0.3 is 0 Å². The minimum absolute atomic E-state index is 0.0377. The molecule has 0 aliphatic heterocycles. The highest BCUT2D eigenvalue weighted by molar-refractivity contribution is 5.48. The summed E-state index contributed by atoms with van der Waals surface area (Å²) in [5.41, 5.74) is 0.655. The molecule has 1 atom stereocenters. The molecule has 0 saturated heterocycles. The van der Waals surface area contributed by atoms with Crippen LogP contribution in [0.15, 0.2) is 18.2 Å². The van der Waals surface area contributed by atoms with Gasteiger partial charge in [-0.05, 0) is 24.1 Å². The molecule has 1 rings (SSSR count). The summed E-state index contributed by atoms with van der Waals surface area (Å²) in [4.78, 5) is 0. The van der Waals surface area contributed by atoms with Gasteiger partial charge in [-0.2, -0.15) is 5.26 Å². The molecular weight excluding hydrogens is 195 g/mol. The predicted molar refractivity (Wildman–Crippen MR) is 55.9 cm³/mol. The van der Waals surface area contributed by atoms with Crippen LogP contribution in [-0.4, -0.2) is 18.3 Å². The van der Waals surface area contributed by atoms with Crippen LogP contribution in [-0.2, 0) is 0 Å². The van der Waals surface area contributed by atoms with E-state index in [1.807, 2.05) is 6.92 Å². The summed E-state index contributed by atoms with van der Waals surface area (Å²) < 4.78 is 13.1. The molecule has 2 N–H and O–H groups in total. The van der Waals surface area contributed by atoms with Crippen molar-refractivity contribution in [1.82, 2.24) is 0 Å². The van der Waals surface area contributed by atoms with Gasteiger partial charge in [0.05, 0.1) is 5.56 Å². The molecule has 4 heteroatoms. The maximum atomic E-state index is 13.1. The average Bonchev–Trinajstić information content (AvgIpc) is 2.26. The van der Waals surface area contributed by atoms with Crippen LogP contribution in [0.1, 0.15) is 12.5 Å². The Bertz CT molecular complexity index is 373. The number of anilines is 1. The first-order chi connectivity index (χ1) is 7.17. The molecule has 3 nitrogen and oxygen atoms in total. The Morgan fingerprint density at radius 3 is 2.87 bits per heavy atom. The van der Waals surface area contributed by atoms with Crippen molar-refractivity contribution in [3.8, 4) is 6.07 Å². The van der Waals surface area contributed by atoms with Crippen LogP contribution >= 0.6 is 0 Å². The lowest BCUT2D eigenvalue weighted by atomic mass is 10.1. The zero-order valence-corrected chi connectivity index (χ0v) is 8.50. The Labute approximate surface area is 88.2 Å². The van der Waals surface area contributed by atoms with Crippen molar-refractivity contribution in [3.05, 3.63) is 29.6 Å². The third kappa shape index (κ3) is 3.22. The number of hydrogen-bond donors (Lipinski definition) is 2. The van der Waals surface area contributed by atoms with Gasteiger partial charge in [-0.3, -0.25) is 0 Å². The molecule has 80 valence electrons. The Hall–Kier alpha value is -1.60. The molecule has 0 spiro atoms. The first kappa shape index (κ1) is 11.5. The maximum absolute atomic E-state index is 13.1. The molecule has 0 heterocycles. The van der Waals surface area contributed by atoms with E-state index in [4.69, 9.17) is 10.4 Å². The molecule has 1 unspecified atom stereocenters. The first-order valence-electron chi connectivity index (χ1n) is 4.71. The normalized spacial score (nSPS) is 11.9. The van der Waals surface area contributed by atoms with Crippen LogP contribution in [0.5, 0.6) is 0 Å². The van der Waals surface area contributed by atoms with Gasteiger partial charge in [-0.1, -0.05) is 6.92 Å². The molecule has 15 heavy (non-hydrogen) atoms. The lowest BCUT2D eigenvalue weighted by Gasteiger charge is -2.10. The summed E-state index contributed by atoms with van der Waals surface area (Å²) in [6, 6.07) is 6.11. The van der Waals surface area contributed by atoms with Crippen molar-refractivity contribution in [1.29, 1.82) is 5.26 Å². The second-order valence-electron chi connectivity index (χ2n) is 3.48. The Morgan fingerprint density at radius 1 is 1.60 bits per heavy atom. The summed E-state index contributed by atoms with van der Waals surface area (Å²) in [6.07, 6.45) is 0. The van der Waals surface area contributed by atoms with Crippen molar-refractivity contribution >= 4 is 5.69 Å². The van der Waals surface area contributed by atoms with E-state index in [-0.39, 0.29) is 18.1 Å². The second-order valence-corrected chi connectivity index (χ2v) is 3.48. The van der Waals surface area contributed by atoms with Crippen molar-refractivity contribution in [2.75, 3.05) is 18.5 Å². The third-order valence-corrected chi connectivity index (χ3v) is 2.06. The summed E-state index contributed by atoms with van der Waals surface area (Å²) in [5.74, 6) is -0.414. The van der Waals surface area contributed by atoms with Crippen molar-refractivity contribution in [3.63, 3.8) is 0 Å². The van der Waals surface area contributed by atoms with Gasteiger partial charge in [-0.25, -0.2) is 4.39 Å². The molecule has 0 bridgehead atoms. The monoisotopic (exact) mass is 208 g/mol. The molecule has 0 radical (unpaired) electrons. The number of nitrogens with zero attached hydrogens (tertiary/aromatic N) is 1. The Balaban J connectivity index is 2.64. The number of nitrogens with one attached hydrogen (secondary N) is 1. The number of rotatable bonds is 4. The van der Waals surface area contributed by atoms with Crippen LogP contribution in [0.2, 0.25) is 0 Å². The molecule has 0 saturated carbocycles. The van der Waals surface area contributed by atoms with Gasteiger partial charge in [0.15, 0.2) is 0 Å². The molecule has 0 aliphatic rings. The van der Waals surface area contributed by atoms with Crippen LogP contribution in [0.3, 0.4) is 0 Å². The van der Waals surface area contributed by atoms with Gasteiger partial charge in [0, 0.05) is 18.8 Å². The van der Waals surface area contributed by atoms with Crippen molar-refractivity contribution in [2.45, 2.75) is 6.92 Å². The Kier molecular flexibility index (Phi) is 4.07. The number of hydrogen-bond acceptors (Lipinski definition) is 3. The highest BCUT2D eigenvalue weighted by Crippen LogP contribution is 2.14. The lowest BCUT2D eigenvalue weighted by molar-refractivity contribution is 0.244. The van der Waals surface area contributed by atoms with Gasteiger partial charge in [0.25, 0.3) is 0 Å². The predicted octanol–water partition coefficient (Wildman–Crippen LogP) is 1.74. The van der Waals surface area contributed by atoms with Crippen molar-refractivity contribution < 1.29 is 9.50 Å². The van der Waals surface area contributed by atoms with Gasteiger partial charge in [-0.15, -0.1) is 0 Å². The van der Waals surface area contributed by atoms with Crippen LogP contribution in [0.4, 0.5) is 10.1 Å². The number of halogens is 1. The van der Waals surface area contributed by atoms with E-state index in [0.29, 0.717) is 12.2 Å². The van der Waals surface area contributed by atoms with Crippen LogP contribution in [0, 0.1) is 23.1 Å². The molecule has 0 fully saturated rings. The van der Waals surface area contributed by atoms with Crippen LogP contribution < -0.4 is 5.32 Å². The maximum Gasteiger partial charge on any atom is 0.143 e. The summed E-state index contributed by atoms with van der Waals surface area (Å²) in [6.45, 7) is 2.54. The topological polar surface area (TPSA) is 56.0 Å². The summed E-state index contributed by atoms with van der Waals surface area (Å²) in [7, 11) is 0. The minimum atomic E-state index is -0.529. The second kappa shape index (κ2) is 5.32. The fraction of sp³-hybridized carbons (Fsp3) is 0.364. The van der Waals surface area contributed by atoms with Gasteiger partial charge < -0.3 is 10.4 Å². The lowest BCUT2D eigenvalue weighted by Crippen LogP contribution is -2.14. The fourth-order valence-electron chi connectivity index (χ4n) is 1.07. The van der Waals surface area contributed by atoms with Gasteiger partial charge in [0.2, 0.25) is 0 Å². The molecule has 0 aromatic heterocycles. The number of aliphatic hydroxyl groups excluding tert-OH is 1. The number of benzene rings is 1. The molecular formula is C11H13FN2O. The van der Waals surface area contributed by atoms with Crippen molar-refractivity contribution in [2.24, 2.45) is 5.92 Å². The van der Waals surface area contributed by atoms with E-state index in [9.17, 15) is 4.39 Å². The van der Waals surface area contributed by atoms with E-state index in [0.717, 1.165) is 0 Å². The third-order valence-electron chi connectivity index (χ3n) is 2.06. The highest BCUT2D eigenvalue weighted by Gasteiger charge is 2.03. The quantitative estimate of drug-likeness (QED) is 0.792. The van der Waals surface area contributed by atoms with Crippen LogP contribution in [0.25, 0.3) is 0 Å². The number of nitriles is 1. The number of aliphatic hydroxyl groups is 1. The summed E-state index contributed by atoms with van der Waals surface area (Å²) >= 11 is 0. The Morgan fingerprint density at radius 2 is 2.33 bits per heavy atom. The van der Waals surface area contributed by atoms with E-state index in [2.05, 4.69) is 5.32 Å². The fourth-order valence-corrected chi connectivity index (χ4v) is 1.07. The first-order valence-corrected chi connectivity index (χ1v) is 4.71. The van der Waals surface area contributed by atoms with E-state index >= 15 is 0 Å². The molecule has 1 aromatic rings. The minimum Gasteiger partial charge on any atom is -0.396 e. The molecule has 0 aliphatic carbocycles. The highest BCUT2D eigenvalue weighted by atomic mass is 19.1. The SMILES string of the molecule is CC(CO)CNc1ccc(C#N)c(F)c1. The smallest absolute Gasteiger partial charge is 0.143 e. The molecule has 0 amide bonds. The average molecular weight is 208 g/mol. The van der Waals surface area contributed by atoms with E-state index < -0.39 is 5.82 Å².